The standard InChI is InChI=1S/C15H28N2O/c1-15(2)7-5-13(14(15)18)17-10-6-12(11-17)16-8-3-4-9-16/h12-14,18H,3-11H2,1-2H3. The Morgan fingerprint density at radius 1 is 1.00 bits per heavy atom. The smallest absolute Gasteiger partial charge is 0.0746 e. The first kappa shape index (κ1) is 12.9. The van der Waals surface area contributed by atoms with E-state index in [1.54, 1.807) is 0 Å². The van der Waals surface area contributed by atoms with Crippen LogP contribution in [-0.4, -0.2) is 59.3 Å². The fraction of sp³-hybridized carbons (Fsp3) is 1.00. The molecular weight excluding hydrogens is 224 g/mol. The molecule has 0 bridgehead atoms. The third-order valence-corrected chi connectivity index (χ3v) is 5.57. The number of hydrogen-bond acceptors (Lipinski definition) is 3. The second kappa shape index (κ2) is 4.77. The van der Waals surface area contributed by atoms with Crippen molar-refractivity contribution in [2.45, 2.75) is 64.1 Å². The fourth-order valence-electron chi connectivity index (χ4n) is 4.20. The van der Waals surface area contributed by atoms with Gasteiger partial charge in [-0.15, -0.1) is 0 Å². The maximum absolute atomic E-state index is 10.5. The van der Waals surface area contributed by atoms with E-state index in [0.29, 0.717) is 6.04 Å². The highest BCUT2D eigenvalue weighted by Gasteiger charge is 2.45. The zero-order valence-electron chi connectivity index (χ0n) is 11.9. The Labute approximate surface area is 111 Å². The lowest BCUT2D eigenvalue weighted by atomic mass is 9.88. The van der Waals surface area contributed by atoms with Crippen LogP contribution in [0.15, 0.2) is 0 Å². The van der Waals surface area contributed by atoms with Crippen molar-refractivity contribution < 1.29 is 5.11 Å². The normalized spacial score (nSPS) is 41.8. The van der Waals surface area contributed by atoms with E-state index in [1.807, 2.05) is 0 Å². The molecule has 3 atom stereocenters. The Bertz CT molecular complexity index is 299. The van der Waals surface area contributed by atoms with Gasteiger partial charge in [0.1, 0.15) is 0 Å². The number of nitrogens with zero attached hydrogens (tertiary/aromatic N) is 2. The molecule has 104 valence electrons. The first-order valence-electron chi connectivity index (χ1n) is 7.74. The van der Waals surface area contributed by atoms with Gasteiger partial charge in [0.15, 0.2) is 0 Å². The fourth-order valence-corrected chi connectivity index (χ4v) is 4.20. The summed E-state index contributed by atoms with van der Waals surface area (Å²) in [6.07, 6.45) is 6.30. The molecule has 0 aromatic rings. The Balaban J connectivity index is 1.59. The third-order valence-electron chi connectivity index (χ3n) is 5.57. The average molecular weight is 252 g/mol. The minimum absolute atomic E-state index is 0.121. The molecule has 3 fully saturated rings. The van der Waals surface area contributed by atoms with E-state index in [9.17, 15) is 5.11 Å². The van der Waals surface area contributed by atoms with E-state index in [0.717, 1.165) is 6.04 Å². The Morgan fingerprint density at radius 3 is 2.33 bits per heavy atom. The van der Waals surface area contributed by atoms with Gasteiger partial charge in [0.25, 0.3) is 0 Å². The summed E-state index contributed by atoms with van der Waals surface area (Å²) in [6, 6.07) is 1.19. The van der Waals surface area contributed by atoms with Crippen molar-refractivity contribution in [3.05, 3.63) is 0 Å². The molecule has 3 rings (SSSR count). The van der Waals surface area contributed by atoms with Gasteiger partial charge in [0.05, 0.1) is 6.10 Å². The predicted molar refractivity (Wildman–Crippen MR) is 73.6 cm³/mol. The van der Waals surface area contributed by atoms with Crippen molar-refractivity contribution in [1.29, 1.82) is 0 Å². The largest absolute Gasteiger partial charge is 0.391 e. The van der Waals surface area contributed by atoms with Crippen LogP contribution in [0.1, 0.15) is 46.0 Å². The zero-order valence-corrected chi connectivity index (χ0v) is 11.9. The molecule has 2 aliphatic heterocycles. The molecule has 0 aromatic heterocycles. The van der Waals surface area contributed by atoms with E-state index in [1.165, 1.54) is 58.3 Å². The molecule has 1 N–H and O–H groups in total. The van der Waals surface area contributed by atoms with Gasteiger partial charge in [-0.3, -0.25) is 9.80 Å². The number of likely N-dealkylation sites (tertiary alicyclic amines) is 2. The zero-order chi connectivity index (χ0) is 12.8. The van der Waals surface area contributed by atoms with Crippen molar-refractivity contribution >= 4 is 0 Å². The van der Waals surface area contributed by atoms with Crippen LogP contribution in [-0.2, 0) is 0 Å². The van der Waals surface area contributed by atoms with Crippen LogP contribution in [0, 0.1) is 5.41 Å². The monoisotopic (exact) mass is 252 g/mol. The summed E-state index contributed by atoms with van der Waals surface area (Å²) in [5, 5.41) is 10.5. The SMILES string of the molecule is CC1(C)CCC(N2CCC(N3CCCC3)C2)C1O. The Hall–Kier alpha value is -0.120. The summed E-state index contributed by atoms with van der Waals surface area (Å²) in [4.78, 5) is 5.24. The summed E-state index contributed by atoms with van der Waals surface area (Å²) in [6.45, 7) is 9.42. The van der Waals surface area contributed by atoms with E-state index in [-0.39, 0.29) is 11.5 Å². The Morgan fingerprint density at radius 2 is 1.72 bits per heavy atom. The summed E-state index contributed by atoms with van der Waals surface area (Å²) in [5.41, 5.74) is 0.121. The molecule has 1 saturated carbocycles. The lowest BCUT2D eigenvalue weighted by molar-refractivity contribution is 0.0204. The van der Waals surface area contributed by atoms with Gasteiger partial charge in [0, 0.05) is 25.2 Å². The van der Waals surface area contributed by atoms with E-state index >= 15 is 0 Å². The van der Waals surface area contributed by atoms with Gasteiger partial charge in [-0.1, -0.05) is 13.8 Å². The number of hydrogen-bond donors (Lipinski definition) is 1. The van der Waals surface area contributed by atoms with Gasteiger partial charge in [-0.05, 0) is 50.6 Å². The lowest BCUT2D eigenvalue weighted by Crippen LogP contribution is -2.44. The second-order valence-corrected chi connectivity index (χ2v) is 7.22. The molecular formula is C15H28N2O. The lowest BCUT2D eigenvalue weighted by Gasteiger charge is -2.32. The third kappa shape index (κ3) is 2.21. The van der Waals surface area contributed by atoms with E-state index in [2.05, 4.69) is 23.6 Å². The molecule has 3 unspecified atom stereocenters. The van der Waals surface area contributed by atoms with Crippen LogP contribution in [0.5, 0.6) is 0 Å². The number of aliphatic hydroxyl groups is 1. The summed E-state index contributed by atoms with van der Waals surface area (Å²) >= 11 is 0. The van der Waals surface area contributed by atoms with Crippen LogP contribution >= 0.6 is 0 Å². The van der Waals surface area contributed by atoms with Crippen molar-refractivity contribution in [3.63, 3.8) is 0 Å². The summed E-state index contributed by atoms with van der Waals surface area (Å²) < 4.78 is 0. The Kier molecular flexibility index (Phi) is 3.41. The average Bonchev–Trinajstić information content (AvgIpc) is 3.01. The van der Waals surface area contributed by atoms with Crippen LogP contribution in [0.4, 0.5) is 0 Å². The van der Waals surface area contributed by atoms with Gasteiger partial charge in [-0.2, -0.15) is 0 Å². The molecule has 3 heteroatoms. The molecule has 1 aliphatic carbocycles. The van der Waals surface area contributed by atoms with Gasteiger partial charge >= 0.3 is 0 Å². The molecule has 3 aliphatic rings. The highest BCUT2D eigenvalue weighted by atomic mass is 16.3. The minimum atomic E-state index is -0.130. The molecule has 2 heterocycles. The highest BCUT2D eigenvalue weighted by molar-refractivity contribution is 4.99. The number of rotatable bonds is 2. The minimum Gasteiger partial charge on any atom is -0.391 e. The predicted octanol–water partition coefficient (Wildman–Crippen LogP) is 1.71. The quantitative estimate of drug-likeness (QED) is 0.810. The molecule has 0 amide bonds. The molecule has 3 nitrogen and oxygen atoms in total. The molecule has 18 heavy (non-hydrogen) atoms. The topological polar surface area (TPSA) is 26.7 Å². The molecule has 0 radical (unpaired) electrons. The van der Waals surface area contributed by atoms with Gasteiger partial charge < -0.3 is 5.11 Å². The first-order chi connectivity index (χ1) is 8.58. The molecule has 0 spiro atoms. The highest BCUT2D eigenvalue weighted by Crippen LogP contribution is 2.41. The second-order valence-electron chi connectivity index (χ2n) is 7.22. The van der Waals surface area contributed by atoms with E-state index in [4.69, 9.17) is 0 Å². The summed E-state index contributed by atoms with van der Waals surface area (Å²) in [5.74, 6) is 0. The first-order valence-corrected chi connectivity index (χ1v) is 7.74. The van der Waals surface area contributed by atoms with Crippen LogP contribution < -0.4 is 0 Å². The maximum Gasteiger partial charge on any atom is 0.0746 e. The summed E-state index contributed by atoms with van der Waals surface area (Å²) in [7, 11) is 0. The molecule has 0 aromatic carbocycles. The van der Waals surface area contributed by atoms with Crippen molar-refractivity contribution in [2.24, 2.45) is 5.41 Å². The van der Waals surface area contributed by atoms with Crippen molar-refractivity contribution in [3.8, 4) is 0 Å². The maximum atomic E-state index is 10.5. The van der Waals surface area contributed by atoms with E-state index < -0.39 is 0 Å². The van der Waals surface area contributed by atoms with Crippen molar-refractivity contribution in [2.75, 3.05) is 26.2 Å². The van der Waals surface area contributed by atoms with Crippen molar-refractivity contribution in [1.82, 2.24) is 9.80 Å². The van der Waals surface area contributed by atoms with Crippen LogP contribution in [0.3, 0.4) is 0 Å². The van der Waals surface area contributed by atoms with Crippen LogP contribution in [0.25, 0.3) is 0 Å². The number of aliphatic hydroxyl groups excluding tert-OH is 1. The molecule has 2 saturated heterocycles. The van der Waals surface area contributed by atoms with Gasteiger partial charge in [-0.25, -0.2) is 0 Å². The van der Waals surface area contributed by atoms with Gasteiger partial charge in [0.2, 0.25) is 0 Å². The van der Waals surface area contributed by atoms with Crippen LogP contribution in [0.2, 0.25) is 0 Å².